The van der Waals surface area contributed by atoms with E-state index in [1.807, 2.05) is 19.1 Å². The van der Waals surface area contributed by atoms with Gasteiger partial charge in [0.2, 0.25) is 5.91 Å². The van der Waals surface area contributed by atoms with Crippen LogP contribution < -0.4 is 0 Å². The Balaban J connectivity index is 1.70. The first-order valence-electron chi connectivity index (χ1n) is 9.04. The fourth-order valence-corrected chi connectivity index (χ4v) is 3.15. The Morgan fingerprint density at radius 1 is 1.18 bits per heavy atom. The van der Waals surface area contributed by atoms with Crippen molar-refractivity contribution in [1.82, 2.24) is 19.7 Å². The minimum atomic E-state index is -0.106. The van der Waals surface area contributed by atoms with Gasteiger partial charge in [-0.1, -0.05) is 47.5 Å². The van der Waals surface area contributed by atoms with Gasteiger partial charge in [0, 0.05) is 37.6 Å². The fraction of sp³-hybridized carbons (Fsp3) is 0.227. The van der Waals surface area contributed by atoms with Crippen LogP contribution in [0.4, 0.5) is 0 Å². The number of carbonyl (C=O) groups excluding carboxylic acids is 1. The zero-order valence-corrected chi connectivity index (χ0v) is 17.0. The number of halogens is 1. The molecular weight excluding hydrogens is 372 g/mol. The molecule has 0 spiro atoms. The van der Waals surface area contributed by atoms with Gasteiger partial charge in [0.1, 0.15) is 5.15 Å². The highest BCUT2D eigenvalue weighted by molar-refractivity contribution is 6.31. The van der Waals surface area contributed by atoms with E-state index in [0.29, 0.717) is 18.2 Å². The van der Waals surface area contributed by atoms with E-state index in [0.717, 1.165) is 22.4 Å². The average Bonchev–Trinajstić information content (AvgIpc) is 2.95. The van der Waals surface area contributed by atoms with Gasteiger partial charge in [-0.2, -0.15) is 5.10 Å². The van der Waals surface area contributed by atoms with Crippen molar-refractivity contribution in [2.45, 2.75) is 26.9 Å². The molecule has 28 heavy (non-hydrogen) atoms. The van der Waals surface area contributed by atoms with Gasteiger partial charge in [-0.25, -0.2) is 4.68 Å². The van der Waals surface area contributed by atoms with E-state index in [2.05, 4.69) is 41.3 Å². The maximum absolute atomic E-state index is 12.4. The van der Waals surface area contributed by atoms with Crippen molar-refractivity contribution in [3.8, 4) is 0 Å². The van der Waals surface area contributed by atoms with Crippen molar-refractivity contribution < 1.29 is 4.79 Å². The summed E-state index contributed by atoms with van der Waals surface area (Å²) in [6.07, 6.45) is 6.73. The molecule has 0 atom stereocenters. The molecule has 1 aromatic carbocycles. The molecule has 0 aliphatic rings. The van der Waals surface area contributed by atoms with E-state index < -0.39 is 0 Å². The molecule has 0 saturated carbocycles. The van der Waals surface area contributed by atoms with Crippen molar-refractivity contribution in [3.63, 3.8) is 0 Å². The van der Waals surface area contributed by atoms with Crippen LogP contribution in [0.2, 0.25) is 5.15 Å². The molecule has 0 aliphatic carbocycles. The van der Waals surface area contributed by atoms with E-state index in [9.17, 15) is 4.79 Å². The molecule has 0 unspecified atom stereocenters. The van der Waals surface area contributed by atoms with Gasteiger partial charge < -0.3 is 4.90 Å². The standard InChI is InChI=1S/C22H23ClN4O/c1-16-6-8-18(9-7-16)15-27-22(23)20(17(2)25-27)10-11-21(28)26(3)14-19-5-4-12-24-13-19/h4-13H,14-15H2,1-3H3. The summed E-state index contributed by atoms with van der Waals surface area (Å²) in [7, 11) is 1.76. The molecule has 2 heterocycles. The number of likely N-dealkylation sites (N-methyl/N-ethyl adjacent to an activating group) is 1. The quantitative estimate of drug-likeness (QED) is 0.587. The van der Waals surface area contributed by atoms with E-state index in [4.69, 9.17) is 11.6 Å². The van der Waals surface area contributed by atoms with Crippen LogP contribution in [0.5, 0.6) is 0 Å². The van der Waals surface area contributed by atoms with Gasteiger partial charge in [-0.3, -0.25) is 9.78 Å². The summed E-state index contributed by atoms with van der Waals surface area (Å²) in [4.78, 5) is 18.1. The minimum absolute atomic E-state index is 0.106. The number of benzene rings is 1. The maximum atomic E-state index is 12.4. The van der Waals surface area contributed by atoms with Gasteiger partial charge in [0.25, 0.3) is 0 Å². The molecule has 2 aromatic heterocycles. The first kappa shape index (κ1) is 19.8. The number of pyridine rings is 1. The van der Waals surface area contributed by atoms with Crippen LogP contribution in [0.25, 0.3) is 6.08 Å². The van der Waals surface area contributed by atoms with Crippen LogP contribution in [0.3, 0.4) is 0 Å². The van der Waals surface area contributed by atoms with Crippen molar-refractivity contribution >= 4 is 23.6 Å². The van der Waals surface area contributed by atoms with Crippen LogP contribution in [-0.4, -0.2) is 32.6 Å². The smallest absolute Gasteiger partial charge is 0.246 e. The number of carbonyl (C=O) groups is 1. The predicted octanol–water partition coefficient (Wildman–Crippen LogP) is 4.27. The second-order valence-electron chi connectivity index (χ2n) is 6.82. The van der Waals surface area contributed by atoms with Crippen molar-refractivity contribution in [2.75, 3.05) is 7.05 Å². The molecule has 0 radical (unpaired) electrons. The monoisotopic (exact) mass is 394 g/mol. The molecule has 6 heteroatoms. The van der Waals surface area contributed by atoms with E-state index >= 15 is 0 Å². The normalized spacial score (nSPS) is 11.1. The second kappa shape index (κ2) is 8.85. The summed E-state index contributed by atoms with van der Waals surface area (Å²) >= 11 is 6.52. The SMILES string of the molecule is Cc1ccc(Cn2nc(C)c(C=CC(=O)N(C)Cc3cccnc3)c2Cl)cc1. The highest BCUT2D eigenvalue weighted by Gasteiger charge is 2.13. The summed E-state index contributed by atoms with van der Waals surface area (Å²) in [5, 5.41) is 5.04. The molecule has 3 aromatic rings. The topological polar surface area (TPSA) is 51.0 Å². The molecule has 3 rings (SSSR count). The maximum Gasteiger partial charge on any atom is 0.246 e. The lowest BCUT2D eigenvalue weighted by atomic mass is 10.1. The highest BCUT2D eigenvalue weighted by atomic mass is 35.5. The Morgan fingerprint density at radius 2 is 1.93 bits per heavy atom. The van der Waals surface area contributed by atoms with Crippen molar-refractivity contribution in [1.29, 1.82) is 0 Å². The molecule has 0 bridgehead atoms. The van der Waals surface area contributed by atoms with E-state index in [-0.39, 0.29) is 5.91 Å². The van der Waals surface area contributed by atoms with Crippen LogP contribution in [0.15, 0.2) is 54.9 Å². The Bertz CT molecular complexity index is 978. The van der Waals surface area contributed by atoms with Gasteiger partial charge in [-0.15, -0.1) is 0 Å². The molecule has 144 valence electrons. The van der Waals surface area contributed by atoms with Gasteiger partial charge >= 0.3 is 0 Å². The third-order valence-electron chi connectivity index (χ3n) is 4.47. The molecule has 0 saturated heterocycles. The Morgan fingerprint density at radius 3 is 2.61 bits per heavy atom. The van der Waals surface area contributed by atoms with Crippen LogP contribution in [-0.2, 0) is 17.9 Å². The summed E-state index contributed by atoms with van der Waals surface area (Å²) in [6, 6.07) is 12.1. The largest absolute Gasteiger partial charge is 0.338 e. The molecular formula is C22H23ClN4O. The lowest BCUT2D eigenvalue weighted by Gasteiger charge is -2.14. The first-order valence-corrected chi connectivity index (χ1v) is 9.42. The van der Waals surface area contributed by atoms with Crippen molar-refractivity contribution in [3.05, 3.63) is 88.0 Å². The van der Waals surface area contributed by atoms with Gasteiger partial charge in [-0.05, 0) is 37.1 Å². The highest BCUT2D eigenvalue weighted by Crippen LogP contribution is 2.22. The fourth-order valence-electron chi connectivity index (χ4n) is 2.85. The Kier molecular flexibility index (Phi) is 6.26. The summed E-state index contributed by atoms with van der Waals surface area (Å²) in [6.45, 7) is 5.03. The Hall–Kier alpha value is -2.92. The zero-order chi connectivity index (χ0) is 20.1. The number of nitrogens with zero attached hydrogens (tertiary/aromatic N) is 4. The van der Waals surface area contributed by atoms with E-state index in [1.165, 1.54) is 11.6 Å². The third kappa shape index (κ3) is 4.87. The van der Waals surface area contributed by atoms with Gasteiger partial charge in [0.15, 0.2) is 0 Å². The summed E-state index contributed by atoms with van der Waals surface area (Å²) in [5.41, 5.74) is 4.86. The number of aryl methyl sites for hydroxylation is 2. The van der Waals surface area contributed by atoms with Crippen LogP contribution >= 0.6 is 11.6 Å². The molecule has 0 aliphatic heterocycles. The van der Waals surface area contributed by atoms with Crippen molar-refractivity contribution in [2.24, 2.45) is 0 Å². The third-order valence-corrected chi connectivity index (χ3v) is 4.87. The predicted molar refractivity (Wildman–Crippen MR) is 112 cm³/mol. The summed E-state index contributed by atoms with van der Waals surface area (Å²) < 4.78 is 1.76. The zero-order valence-electron chi connectivity index (χ0n) is 16.3. The van der Waals surface area contributed by atoms with Crippen LogP contribution in [0, 0.1) is 13.8 Å². The lowest BCUT2D eigenvalue weighted by molar-refractivity contribution is -0.125. The number of amides is 1. The minimum Gasteiger partial charge on any atom is -0.338 e. The molecule has 1 amide bonds. The van der Waals surface area contributed by atoms with Gasteiger partial charge in [0.05, 0.1) is 12.2 Å². The molecule has 0 fully saturated rings. The number of rotatable bonds is 6. The summed E-state index contributed by atoms with van der Waals surface area (Å²) in [5.74, 6) is -0.106. The van der Waals surface area contributed by atoms with E-state index in [1.54, 1.807) is 35.1 Å². The Labute approximate surface area is 170 Å². The molecule has 0 N–H and O–H groups in total. The number of hydrogen-bond donors (Lipinski definition) is 0. The second-order valence-corrected chi connectivity index (χ2v) is 7.18. The average molecular weight is 395 g/mol. The lowest BCUT2D eigenvalue weighted by Crippen LogP contribution is -2.24. The number of hydrogen-bond acceptors (Lipinski definition) is 3. The van der Waals surface area contributed by atoms with Crippen LogP contribution in [0.1, 0.15) is 27.9 Å². The number of aromatic nitrogens is 3. The first-order chi connectivity index (χ1) is 13.4. The molecule has 5 nitrogen and oxygen atoms in total.